The van der Waals surface area contributed by atoms with Crippen LogP contribution >= 0.6 is 0 Å². The van der Waals surface area contributed by atoms with E-state index < -0.39 is 0 Å². The fourth-order valence-corrected chi connectivity index (χ4v) is 1.72. The van der Waals surface area contributed by atoms with E-state index in [0.717, 1.165) is 25.0 Å². The molecule has 0 radical (unpaired) electrons. The lowest BCUT2D eigenvalue weighted by atomic mass is 10.3. The third-order valence-corrected chi connectivity index (χ3v) is 2.51. The van der Waals surface area contributed by atoms with E-state index in [9.17, 15) is 4.79 Å². The van der Waals surface area contributed by atoms with E-state index in [1.54, 1.807) is 4.57 Å². The van der Waals surface area contributed by atoms with Gasteiger partial charge in [-0.1, -0.05) is 19.1 Å². The minimum atomic E-state index is -0.278. The Morgan fingerprint density at radius 1 is 1.31 bits per heavy atom. The highest BCUT2D eigenvalue weighted by Crippen LogP contribution is 2.10. The highest BCUT2D eigenvalue weighted by atomic mass is 16.4. The standard InChI is InChI=1S/C12H16N2O2/c1-2-7-13-8-9-14-10-5-3-4-6-11(10)16-12(14)15/h3-6,13H,2,7-9H2,1H3. The van der Waals surface area contributed by atoms with Crippen LogP contribution in [0.1, 0.15) is 13.3 Å². The molecule has 0 aliphatic rings. The third kappa shape index (κ3) is 2.17. The largest absolute Gasteiger partial charge is 0.419 e. The van der Waals surface area contributed by atoms with Crippen LogP contribution in [-0.2, 0) is 6.54 Å². The van der Waals surface area contributed by atoms with Gasteiger partial charge in [-0.3, -0.25) is 4.57 Å². The Labute approximate surface area is 93.9 Å². The van der Waals surface area contributed by atoms with Crippen molar-refractivity contribution in [2.24, 2.45) is 0 Å². The molecule has 1 aromatic heterocycles. The molecule has 4 heteroatoms. The van der Waals surface area contributed by atoms with E-state index in [4.69, 9.17) is 4.42 Å². The summed E-state index contributed by atoms with van der Waals surface area (Å²) in [5, 5.41) is 3.26. The van der Waals surface area contributed by atoms with E-state index in [1.807, 2.05) is 24.3 Å². The van der Waals surface area contributed by atoms with Crippen molar-refractivity contribution in [1.82, 2.24) is 9.88 Å². The predicted molar refractivity (Wildman–Crippen MR) is 63.6 cm³/mol. The van der Waals surface area contributed by atoms with Crippen LogP contribution in [0.25, 0.3) is 11.1 Å². The van der Waals surface area contributed by atoms with E-state index in [0.29, 0.717) is 12.1 Å². The second kappa shape index (κ2) is 4.99. The van der Waals surface area contributed by atoms with Gasteiger partial charge in [-0.15, -0.1) is 0 Å². The van der Waals surface area contributed by atoms with Gasteiger partial charge in [0, 0.05) is 13.1 Å². The molecule has 1 heterocycles. The normalized spacial score (nSPS) is 11.1. The second-order valence-electron chi connectivity index (χ2n) is 3.74. The quantitative estimate of drug-likeness (QED) is 0.778. The molecule has 2 aromatic rings. The first kappa shape index (κ1) is 11.0. The SMILES string of the molecule is CCCNCCn1c(=O)oc2ccccc21. The summed E-state index contributed by atoms with van der Waals surface area (Å²) >= 11 is 0. The highest BCUT2D eigenvalue weighted by Gasteiger charge is 2.06. The van der Waals surface area contributed by atoms with Crippen molar-refractivity contribution in [3.05, 3.63) is 34.8 Å². The maximum atomic E-state index is 11.6. The van der Waals surface area contributed by atoms with Gasteiger partial charge in [0.1, 0.15) is 0 Å². The summed E-state index contributed by atoms with van der Waals surface area (Å²) < 4.78 is 6.80. The Kier molecular flexibility index (Phi) is 3.41. The first-order valence-electron chi connectivity index (χ1n) is 5.62. The van der Waals surface area contributed by atoms with E-state index in [-0.39, 0.29) is 5.76 Å². The molecule has 0 bridgehead atoms. The Bertz CT molecular complexity index is 513. The molecular formula is C12H16N2O2. The number of nitrogens with one attached hydrogen (secondary N) is 1. The van der Waals surface area contributed by atoms with Gasteiger partial charge in [0.05, 0.1) is 5.52 Å². The summed E-state index contributed by atoms with van der Waals surface area (Å²) in [5.74, 6) is -0.278. The highest BCUT2D eigenvalue weighted by molar-refractivity contribution is 5.72. The van der Waals surface area contributed by atoms with Crippen molar-refractivity contribution in [3.63, 3.8) is 0 Å². The number of benzene rings is 1. The lowest BCUT2D eigenvalue weighted by molar-refractivity contribution is 0.494. The number of hydrogen-bond acceptors (Lipinski definition) is 3. The van der Waals surface area contributed by atoms with Crippen LogP contribution in [-0.4, -0.2) is 17.7 Å². The van der Waals surface area contributed by atoms with E-state index in [1.165, 1.54) is 0 Å². The van der Waals surface area contributed by atoms with Crippen LogP contribution in [0.2, 0.25) is 0 Å². The molecule has 0 aliphatic carbocycles. The summed E-state index contributed by atoms with van der Waals surface area (Å²) in [4.78, 5) is 11.6. The number of oxazole rings is 1. The van der Waals surface area contributed by atoms with Crippen molar-refractivity contribution in [3.8, 4) is 0 Å². The molecule has 16 heavy (non-hydrogen) atoms. The monoisotopic (exact) mass is 220 g/mol. The van der Waals surface area contributed by atoms with Crippen LogP contribution in [0.4, 0.5) is 0 Å². The molecule has 0 fully saturated rings. The van der Waals surface area contributed by atoms with Crippen LogP contribution in [0.5, 0.6) is 0 Å². The lowest BCUT2D eigenvalue weighted by Crippen LogP contribution is -2.24. The number of para-hydroxylation sites is 2. The van der Waals surface area contributed by atoms with Crippen LogP contribution in [0.15, 0.2) is 33.5 Å². The molecule has 2 rings (SSSR count). The predicted octanol–water partition coefficient (Wildman–Crippen LogP) is 1.59. The van der Waals surface area contributed by atoms with Crippen molar-refractivity contribution < 1.29 is 4.42 Å². The van der Waals surface area contributed by atoms with Gasteiger partial charge < -0.3 is 9.73 Å². The molecule has 0 spiro atoms. The maximum absolute atomic E-state index is 11.6. The Hall–Kier alpha value is -1.55. The number of rotatable bonds is 5. The molecular weight excluding hydrogens is 204 g/mol. The molecule has 0 saturated carbocycles. The van der Waals surface area contributed by atoms with Crippen LogP contribution in [0, 0.1) is 0 Å². The van der Waals surface area contributed by atoms with Gasteiger partial charge in [0.25, 0.3) is 0 Å². The first-order chi connectivity index (χ1) is 7.83. The first-order valence-corrected chi connectivity index (χ1v) is 5.62. The summed E-state index contributed by atoms with van der Waals surface area (Å²) in [6, 6.07) is 7.49. The molecule has 0 unspecified atom stereocenters. The van der Waals surface area contributed by atoms with Crippen molar-refractivity contribution in [1.29, 1.82) is 0 Å². The zero-order chi connectivity index (χ0) is 11.4. The van der Waals surface area contributed by atoms with Gasteiger partial charge in [-0.25, -0.2) is 4.79 Å². The Morgan fingerprint density at radius 3 is 2.94 bits per heavy atom. The number of aromatic nitrogens is 1. The van der Waals surface area contributed by atoms with Crippen molar-refractivity contribution in [2.75, 3.05) is 13.1 Å². The van der Waals surface area contributed by atoms with Gasteiger partial charge >= 0.3 is 5.76 Å². The smallest absolute Gasteiger partial charge is 0.408 e. The second-order valence-corrected chi connectivity index (χ2v) is 3.74. The molecule has 0 aliphatic heterocycles. The molecule has 4 nitrogen and oxygen atoms in total. The van der Waals surface area contributed by atoms with E-state index in [2.05, 4.69) is 12.2 Å². The minimum Gasteiger partial charge on any atom is -0.408 e. The molecule has 86 valence electrons. The van der Waals surface area contributed by atoms with Gasteiger partial charge in [-0.05, 0) is 25.1 Å². The Morgan fingerprint density at radius 2 is 2.12 bits per heavy atom. The summed E-state index contributed by atoms with van der Waals surface area (Å²) in [6.07, 6.45) is 1.10. The molecule has 1 N–H and O–H groups in total. The summed E-state index contributed by atoms with van der Waals surface area (Å²) in [5.41, 5.74) is 1.52. The van der Waals surface area contributed by atoms with Gasteiger partial charge in [0.15, 0.2) is 5.58 Å². The van der Waals surface area contributed by atoms with E-state index >= 15 is 0 Å². The number of hydrogen-bond donors (Lipinski definition) is 1. The van der Waals surface area contributed by atoms with Crippen LogP contribution in [0.3, 0.4) is 0 Å². The fourth-order valence-electron chi connectivity index (χ4n) is 1.72. The summed E-state index contributed by atoms with van der Waals surface area (Å²) in [6.45, 7) is 4.53. The van der Waals surface area contributed by atoms with Gasteiger partial charge in [0.2, 0.25) is 0 Å². The third-order valence-electron chi connectivity index (χ3n) is 2.51. The molecule has 0 saturated heterocycles. The number of fused-ring (bicyclic) bond motifs is 1. The molecule has 0 atom stereocenters. The Balaban J connectivity index is 2.16. The molecule has 1 aromatic carbocycles. The van der Waals surface area contributed by atoms with Crippen molar-refractivity contribution >= 4 is 11.1 Å². The maximum Gasteiger partial charge on any atom is 0.419 e. The summed E-state index contributed by atoms with van der Waals surface area (Å²) in [7, 11) is 0. The lowest BCUT2D eigenvalue weighted by Gasteiger charge is -2.03. The number of nitrogens with zero attached hydrogens (tertiary/aromatic N) is 1. The van der Waals surface area contributed by atoms with Gasteiger partial charge in [-0.2, -0.15) is 0 Å². The molecule has 0 amide bonds. The fraction of sp³-hybridized carbons (Fsp3) is 0.417. The average Bonchev–Trinajstić information content (AvgIpc) is 2.61. The topological polar surface area (TPSA) is 47.2 Å². The zero-order valence-corrected chi connectivity index (χ0v) is 9.40. The van der Waals surface area contributed by atoms with Crippen molar-refractivity contribution in [2.45, 2.75) is 19.9 Å². The zero-order valence-electron chi connectivity index (χ0n) is 9.40. The minimum absolute atomic E-state index is 0.278. The van der Waals surface area contributed by atoms with Crippen LogP contribution < -0.4 is 11.1 Å². The average molecular weight is 220 g/mol.